The van der Waals surface area contributed by atoms with E-state index < -0.39 is 5.97 Å². The van der Waals surface area contributed by atoms with E-state index in [0.29, 0.717) is 5.75 Å². The van der Waals surface area contributed by atoms with Gasteiger partial charge in [-0.05, 0) is 42.8 Å². The van der Waals surface area contributed by atoms with Crippen molar-refractivity contribution in [1.82, 2.24) is 0 Å². The van der Waals surface area contributed by atoms with Crippen molar-refractivity contribution in [1.29, 1.82) is 0 Å². The molecular formula is C19H21NO4S. The van der Waals surface area contributed by atoms with Gasteiger partial charge in [-0.1, -0.05) is 25.1 Å². The van der Waals surface area contributed by atoms with Gasteiger partial charge in [-0.2, -0.15) is 0 Å². The minimum absolute atomic E-state index is 0.0237. The fraction of sp³-hybridized carbons (Fsp3) is 0.263. The maximum Gasteiger partial charge on any atom is 0.341 e. The Kier molecular flexibility index (Phi) is 6.89. The normalized spacial score (nSPS) is 11.6. The van der Waals surface area contributed by atoms with Crippen molar-refractivity contribution in [2.75, 3.05) is 18.6 Å². The van der Waals surface area contributed by atoms with Crippen LogP contribution < -0.4 is 9.64 Å². The minimum Gasteiger partial charge on any atom is -0.482 e. The summed E-state index contributed by atoms with van der Waals surface area (Å²) in [5, 5.41) is 8.45. The monoisotopic (exact) mass is 359 g/mol. The lowest BCUT2D eigenvalue weighted by Gasteiger charge is -2.23. The number of carbonyl (C=O) groups excluding carboxylic acids is 1. The molecule has 0 aliphatic rings. The molecule has 2 rings (SSSR count). The number of anilines is 1. The van der Waals surface area contributed by atoms with Gasteiger partial charge in [-0.15, -0.1) is 11.8 Å². The number of ether oxygens (including phenoxy) is 1. The maximum atomic E-state index is 12.8. The molecule has 1 amide bonds. The highest BCUT2D eigenvalue weighted by atomic mass is 32.2. The topological polar surface area (TPSA) is 66.8 Å². The first kappa shape index (κ1) is 18.9. The SMILES string of the molecule is CCC(Sc1ccccc1)C(=O)N(C)c1ccc(OCC(=O)O)cc1. The van der Waals surface area contributed by atoms with Crippen LogP contribution in [0.25, 0.3) is 0 Å². The molecule has 0 fully saturated rings. The number of benzene rings is 2. The highest BCUT2D eigenvalue weighted by Crippen LogP contribution is 2.28. The lowest BCUT2D eigenvalue weighted by molar-refractivity contribution is -0.139. The molecule has 1 unspecified atom stereocenters. The van der Waals surface area contributed by atoms with Crippen molar-refractivity contribution in [2.24, 2.45) is 0 Å². The van der Waals surface area contributed by atoms with Crippen LogP contribution in [0.2, 0.25) is 0 Å². The number of thioether (sulfide) groups is 1. The lowest BCUT2D eigenvalue weighted by atomic mass is 10.2. The van der Waals surface area contributed by atoms with Gasteiger partial charge in [-0.3, -0.25) is 4.79 Å². The third kappa shape index (κ3) is 5.53. The summed E-state index contributed by atoms with van der Waals surface area (Å²) in [5.74, 6) is -0.548. The summed E-state index contributed by atoms with van der Waals surface area (Å²) in [7, 11) is 1.74. The molecule has 132 valence electrons. The van der Waals surface area contributed by atoms with Crippen molar-refractivity contribution in [2.45, 2.75) is 23.5 Å². The number of aliphatic carboxylic acids is 1. The molecule has 0 heterocycles. The standard InChI is InChI=1S/C19H21NO4S/c1-3-17(25-16-7-5-4-6-8-16)19(23)20(2)14-9-11-15(12-10-14)24-13-18(21)22/h4-12,17H,3,13H2,1-2H3,(H,21,22). The molecule has 0 aliphatic heterocycles. The molecule has 0 aliphatic carbocycles. The van der Waals surface area contributed by atoms with Crippen molar-refractivity contribution < 1.29 is 19.4 Å². The number of carboxylic acid groups (broad SMARTS) is 1. The summed E-state index contributed by atoms with van der Waals surface area (Å²) < 4.78 is 5.10. The number of rotatable bonds is 8. The predicted octanol–water partition coefficient (Wildman–Crippen LogP) is 3.68. The maximum absolute atomic E-state index is 12.8. The van der Waals surface area contributed by atoms with Crippen LogP contribution in [-0.4, -0.2) is 35.9 Å². The third-order valence-electron chi connectivity index (χ3n) is 3.58. The van der Waals surface area contributed by atoms with Crippen LogP contribution >= 0.6 is 11.8 Å². The zero-order valence-corrected chi connectivity index (χ0v) is 15.0. The summed E-state index contributed by atoms with van der Waals surface area (Å²) in [5.41, 5.74) is 0.736. The molecule has 1 atom stereocenters. The highest BCUT2D eigenvalue weighted by molar-refractivity contribution is 8.00. The summed E-state index contributed by atoms with van der Waals surface area (Å²) in [6.07, 6.45) is 0.725. The van der Waals surface area contributed by atoms with Crippen LogP contribution in [0.4, 0.5) is 5.69 Å². The molecule has 0 aromatic heterocycles. The van der Waals surface area contributed by atoms with Gasteiger partial charge in [0.1, 0.15) is 5.75 Å². The molecule has 0 saturated carbocycles. The second-order valence-corrected chi connectivity index (χ2v) is 6.68. The van der Waals surface area contributed by atoms with E-state index in [1.165, 1.54) is 0 Å². The van der Waals surface area contributed by atoms with Crippen LogP contribution in [0.5, 0.6) is 5.75 Å². The Bertz CT molecular complexity index is 703. The molecule has 25 heavy (non-hydrogen) atoms. The van der Waals surface area contributed by atoms with Gasteiger partial charge < -0.3 is 14.7 Å². The van der Waals surface area contributed by atoms with Crippen molar-refractivity contribution in [3.63, 3.8) is 0 Å². The van der Waals surface area contributed by atoms with E-state index in [4.69, 9.17) is 9.84 Å². The Morgan fingerprint density at radius 3 is 2.32 bits per heavy atom. The molecule has 0 bridgehead atoms. The zero-order chi connectivity index (χ0) is 18.2. The number of nitrogens with zero attached hydrogens (tertiary/aromatic N) is 1. The zero-order valence-electron chi connectivity index (χ0n) is 14.2. The van der Waals surface area contributed by atoms with Crippen molar-refractivity contribution >= 4 is 29.3 Å². The second-order valence-electron chi connectivity index (χ2n) is 5.40. The molecule has 0 saturated heterocycles. The van der Waals surface area contributed by atoms with Crippen LogP contribution in [0.15, 0.2) is 59.5 Å². The molecule has 2 aromatic carbocycles. The van der Waals surface area contributed by atoms with E-state index in [2.05, 4.69) is 0 Å². The van der Waals surface area contributed by atoms with Crippen molar-refractivity contribution in [3.05, 3.63) is 54.6 Å². The average Bonchev–Trinajstić information content (AvgIpc) is 2.64. The first-order valence-corrected chi connectivity index (χ1v) is 8.83. The summed E-state index contributed by atoms with van der Waals surface area (Å²) in [6, 6.07) is 16.7. The van der Waals surface area contributed by atoms with Gasteiger partial charge in [0, 0.05) is 17.6 Å². The Labute approximate surface area is 151 Å². The van der Waals surface area contributed by atoms with Gasteiger partial charge >= 0.3 is 5.97 Å². The van der Waals surface area contributed by atoms with Crippen LogP contribution in [0.3, 0.4) is 0 Å². The summed E-state index contributed by atoms with van der Waals surface area (Å²) in [4.78, 5) is 26.0. The van der Waals surface area contributed by atoms with E-state index in [-0.39, 0.29) is 17.8 Å². The molecule has 2 aromatic rings. The van der Waals surface area contributed by atoms with E-state index >= 15 is 0 Å². The molecule has 1 N–H and O–H groups in total. The Hall–Kier alpha value is -2.47. The highest BCUT2D eigenvalue weighted by Gasteiger charge is 2.22. The molecule has 5 nitrogen and oxygen atoms in total. The van der Waals surface area contributed by atoms with E-state index in [1.54, 1.807) is 48.0 Å². The van der Waals surface area contributed by atoms with E-state index in [9.17, 15) is 9.59 Å². The van der Waals surface area contributed by atoms with Gasteiger partial charge in [0.05, 0.1) is 5.25 Å². The van der Waals surface area contributed by atoms with Gasteiger partial charge in [0.2, 0.25) is 5.91 Å². The van der Waals surface area contributed by atoms with E-state index in [1.807, 2.05) is 37.3 Å². The van der Waals surface area contributed by atoms with Crippen LogP contribution in [0.1, 0.15) is 13.3 Å². The smallest absolute Gasteiger partial charge is 0.341 e. The largest absolute Gasteiger partial charge is 0.482 e. The second kappa shape index (κ2) is 9.13. The summed E-state index contributed by atoms with van der Waals surface area (Å²) in [6.45, 7) is 1.61. The molecule has 0 radical (unpaired) electrons. The number of hydrogen-bond acceptors (Lipinski definition) is 4. The Morgan fingerprint density at radius 2 is 1.76 bits per heavy atom. The van der Waals surface area contributed by atoms with E-state index in [0.717, 1.165) is 17.0 Å². The number of carboxylic acids is 1. The van der Waals surface area contributed by atoms with Crippen LogP contribution in [0, 0.1) is 0 Å². The quantitative estimate of drug-likeness (QED) is 0.728. The predicted molar refractivity (Wildman–Crippen MR) is 99.4 cm³/mol. The van der Waals surface area contributed by atoms with Crippen molar-refractivity contribution in [3.8, 4) is 5.75 Å². The van der Waals surface area contributed by atoms with Gasteiger partial charge in [-0.25, -0.2) is 4.79 Å². The first-order valence-electron chi connectivity index (χ1n) is 7.95. The fourth-order valence-electron chi connectivity index (χ4n) is 2.23. The van der Waals surface area contributed by atoms with Gasteiger partial charge in [0.25, 0.3) is 0 Å². The lowest BCUT2D eigenvalue weighted by Crippen LogP contribution is -2.34. The number of amides is 1. The first-order chi connectivity index (χ1) is 12.0. The van der Waals surface area contributed by atoms with Crippen LogP contribution in [-0.2, 0) is 9.59 Å². The number of carbonyl (C=O) groups is 2. The molecule has 0 spiro atoms. The third-order valence-corrected chi connectivity index (χ3v) is 4.95. The minimum atomic E-state index is -1.03. The number of hydrogen-bond donors (Lipinski definition) is 1. The molecular weight excluding hydrogens is 338 g/mol. The average molecular weight is 359 g/mol. The van der Waals surface area contributed by atoms with Gasteiger partial charge in [0.15, 0.2) is 6.61 Å². The Morgan fingerprint density at radius 1 is 1.12 bits per heavy atom. The molecule has 6 heteroatoms. The fourth-order valence-corrected chi connectivity index (χ4v) is 3.29. The Balaban J connectivity index is 2.03. The summed E-state index contributed by atoms with van der Waals surface area (Å²) >= 11 is 1.55.